The molecule has 0 saturated carbocycles. The van der Waals surface area contributed by atoms with Gasteiger partial charge in [-0.3, -0.25) is 4.79 Å². The molecule has 5 heteroatoms. The van der Waals surface area contributed by atoms with E-state index in [1.807, 2.05) is 13.8 Å². The van der Waals surface area contributed by atoms with Crippen LogP contribution in [0.15, 0.2) is 0 Å². The van der Waals surface area contributed by atoms with Crippen molar-refractivity contribution in [2.45, 2.75) is 33.7 Å². The predicted octanol–water partition coefficient (Wildman–Crippen LogP) is 1.18. The Kier molecular flexibility index (Phi) is 5.89. The van der Waals surface area contributed by atoms with E-state index >= 15 is 0 Å². The van der Waals surface area contributed by atoms with Crippen LogP contribution in [0.1, 0.15) is 27.7 Å². The van der Waals surface area contributed by atoms with Gasteiger partial charge in [-0.2, -0.15) is 0 Å². The first-order valence-electron chi connectivity index (χ1n) is 5.35. The van der Waals surface area contributed by atoms with E-state index < -0.39 is 5.41 Å². The lowest BCUT2D eigenvalue weighted by Crippen LogP contribution is -2.50. The van der Waals surface area contributed by atoms with E-state index in [9.17, 15) is 4.79 Å². The van der Waals surface area contributed by atoms with Crippen molar-refractivity contribution in [2.75, 3.05) is 20.3 Å². The number of nitrogens with two attached hydrogens (primary N) is 1. The molecule has 4 nitrogen and oxygen atoms in total. The third-order valence-corrected chi connectivity index (χ3v) is 3.08. The summed E-state index contributed by atoms with van der Waals surface area (Å²) in [6.45, 7) is 8.49. The topological polar surface area (TPSA) is 55.6 Å². The number of rotatable bonds is 6. The summed E-state index contributed by atoms with van der Waals surface area (Å²) in [5, 5.41) is 0. The lowest BCUT2D eigenvalue weighted by atomic mass is 9.91. The molecule has 0 radical (unpaired) electrons. The van der Waals surface area contributed by atoms with Gasteiger partial charge in [0.05, 0.1) is 17.0 Å². The van der Waals surface area contributed by atoms with Gasteiger partial charge in [-0.1, -0.05) is 12.2 Å². The maximum atomic E-state index is 12.3. The van der Waals surface area contributed by atoms with Gasteiger partial charge in [0.25, 0.3) is 0 Å². The first kappa shape index (κ1) is 15.3. The highest BCUT2D eigenvalue weighted by atomic mass is 32.1. The van der Waals surface area contributed by atoms with Crippen LogP contribution in [0.5, 0.6) is 0 Å². The first-order chi connectivity index (χ1) is 7.25. The Morgan fingerprint density at radius 2 is 2.00 bits per heavy atom. The van der Waals surface area contributed by atoms with Crippen molar-refractivity contribution >= 4 is 23.1 Å². The van der Waals surface area contributed by atoms with Crippen LogP contribution in [-0.4, -0.2) is 42.1 Å². The lowest BCUT2D eigenvalue weighted by Gasteiger charge is -2.33. The summed E-state index contributed by atoms with van der Waals surface area (Å²) in [6, 6.07) is 0.108. The van der Waals surface area contributed by atoms with Crippen LogP contribution >= 0.6 is 12.2 Å². The summed E-state index contributed by atoms with van der Waals surface area (Å²) in [4.78, 5) is 14.2. The van der Waals surface area contributed by atoms with Gasteiger partial charge in [0.15, 0.2) is 0 Å². The summed E-state index contributed by atoms with van der Waals surface area (Å²) in [6.07, 6.45) is 0. The molecule has 0 spiro atoms. The first-order valence-corrected chi connectivity index (χ1v) is 5.75. The number of hydrogen-bond acceptors (Lipinski definition) is 3. The van der Waals surface area contributed by atoms with Crippen molar-refractivity contribution < 1.29 is 9.53 Å². The Morgan fingerprint density at radius 3 is 2.31 bits per heavy atom. The highest BCUT2D eigenvalue weighted by molar-refractivity contribution is 7.80. The van der Waals surface area contributed by atoms with E-state index in [-0.39, 0.29) is 16.9 Å². The van der Waals surface area contributed by atoms with E-state index in [2.05, 4.69) is 0 Å². The fourth-order valence-electron chi connectivity index (χ4n) is 1.25. The number of methoxy groups -OCH3 is 1. The number of nitrogens with zero attached hydrogens (tertiary/aromatic N) is 1. The van der Waals surface area contributed by atoms with Crippen LogP contribution in [0.2, 0.25) is 0 Å². The summed E-state index contributed by atoms with van der Waals surface area (Å²) < 4.78 is 4.99. The van der Waals surface area contributed by atoms with Crippen LogP contribution in [-0.2, 0) is 9.53 Å². The molecule has 2 N–H and O–H groups in total. The van der Waals surface area contributed by atoms with E-state index in [4.69, 9.17) is 22.7 Å². The molecule has 0 aromatic rings. The van der Waals surface area contributed by atoms with Crippen LogP contribution in [0, 0.1) is 5.41 Å². The van der Waals surface area contributed by atoms with Gasteiger partial charge in [0.2, 0.25) is 5.91 Å². The zero-order valence-electron chi connectivity index (χ0n) is 10.7. The predicted molar refractivity (Wildman–Crippen MR) is 69.3 cm³/mol. The zero-order chi connectivity index (χ0) is 12.9. The van der Waals surface area contributed by atoms with E-state index in [0.29, 0.717) is 13.2 Å². The highest BCUT2D eigenvalue weighted by Crippen LogP contribution is 2.20. The molecule has 0 saturated heterocycles. The maximum Gasteiger partial charge on any atom is 0.235 e. The van der Waals surface area contributed by atoms with E-state index in [1.165, 1.54) is 0 Å². The molecule has 0 heterocycles. The van der Waals surface area contributed by atoms with Crippen molar-refractivity contribution in [2.24, 2.45) is 11.1 Å². The second-order valence-corrected chi connectivity index (χ2v) is 5.01. The highest BCUT2D eigenvalue weighted by Gasteiger charge is 2.35. The van der Waals surface area contributed by atoms with Crippen molar-refractivity contribution in [3.05, 3.63) is 0 Å². The van der Waals surface area contributed by atoms with Crippen molar-refractivity contribution in [1.82, 2.24) is 4.90 Å². The minimum Gasteiger partial charge on any atom is -0.392 e. The molecule has 0 rings (SSSR count). The van der Waals surface area contributed by atoms with Crippen LogP contribution < -0.4 is 5.73 Å². The summed E-state index contributed by atoms with van der Waals surface area (Å²) in [5.41, 5.74) is 4.79. The normalized spacial score (nSPS) is 11.6. The Morgan fingerprint density at radius 1 is 1.50 bits per heavy atom. The molecule has 0 aromatic carbocycles. The number of carbonyl (C=O) groups is 1. The average Bonchev–Trinajstić information content (AvgIpc) is 2.17. The lowest BCUT2D eigenvalue weighted by molar-refractivity contribution is -0.139. The van der Waals surface area contributed by atoms with E-state index in [0.717, 1.165) is 0 Å². The molecule has 0 aliphatic carbocycles. The Hall–Kier alpha value is -0.680. The minimum atomic E-state index is -0.798. The van der Waals surface area contributed by atoms with Crippen LogP contribution in [0.25, 0.3) is 0 Å². The quantitative estimate of drug-likeness (QED) is 0.715. The van der Waals surface area contributed by atoms with Gasteiger partial charge in [-0.15, -0.1) is 0 Å². The molecule has 1 amide bonds. The second kappa shape index (κ2) is 6.15. The molecule has 0 aromatic heterocycles. The van der Waals surface area contributed by atoms with Gasteiger partial charge in [0, 0.05) is 19.7 Å². The van der Waals surface area contributed by atoms with Crippen LogP contribution in [0.3, 0.4) is 0 Å². The molecular weight excluding hydrogens is 224 g/mol. The van der Waals surface area contributed by atoms with Gasteiger partial charge in [-0.25, -0.2) is 0 Å². The number of ether oxygens (including phenoxy) is 1. The third kappa shape index (κ3) is 3.72. The van der Waals surface area contributed by atoms with Crippen LogP contribution in [0.4, 0.5) is 0 Å². The summed E-state index contributed by atoms with van der Waals surface area (Å²) >= 11 is 4.93. The van der Waals surface area contributed by atoms with Gasteiger partial charge < -0.3 is 15.4 Å². The largest absolute Gasteiger partial charge is 0.392 e. The Bertz CT molecular complexity index is 265. The van der Waals surface area contributed by atoms with Gasteiger partial charge in [-0.05, 0) is 27.7 Å². The SMILES string of the molecule is COCCN(C(=O)C(C)(C)C(N)=S)C(C)C. The fraction of sp³-hybridized carbons (Fsp3) is 0.818. The molecule has 0 atom stereocenters. The standard InChI is InChI=1S/C11H22N2O2S/c1-8(2)13(6-7-15-5)10(14)11(3,4)9(12)16/h8H,6-7H2,1-5H3,(H2,12,16). The number of carbonyl (C=O) groups excluding carboxylic acids is 1. The molecule has 0 bridgehead atoms. The molecule has 0 unspecified atom stereocenters. The minimum absolute atomic E-state index is 0.0490. The van der Waals surface area contributed by atoms with Crippen molar-refractivity contribution in [1.29, 1.82) is 0 Å². The summed E-state index contributed by atoms with van der Waals surface area (Å²) in [7, 11) is 1.61. The van der Waals surface area contributed by atoms with Gasteiger partial charge >= 0.3 is 0 Å². The molecule has 0 aliphatic rings. The monoisotopic (exact) mass is 246 g/mol. The fourth-order valence-corrected chi connectivity index (χ4v) is 1.34. The summed E-state index contributed by atoms with van der Waals surface area (Å²) in [5.74, 6) is -0.0490. The number of thiocarbonyl (C=S) groups is 1. The van der Waals surface area contributed by atoms with Gasteiger partial charge in [0.1, 0.15) is 0 Å². The van der Waals surface area contributed by atoms with Crippen molar-refractivity contribution in [3.8, 4) is 0 Å². The maximum absolute atomic E-state index is 12.3. The molecule has 0 fully saturated rings. The number of hydrogen-bond donors (Lipinski definition) is 1. The molecular formula is C11H22N2O2S. The average molecular weight is 246 g/mol. The Balaban J connectivity index is 4.80. The molecule has 0 aliphatic heterocycles. The smallest absolute Gasteiger partial charge is 0.235 e. The second-order valence-electron chi connectivity index (χ2n) is 4.57. The van der Waals surface area contributed by atoms with Crippen molar-refractivity contribution in [3.63, 3.8) is 0 Å². The zero-order valence-corrected chi connectivity index (χ0v) is 11.6. The molecule has 94 valence electrons. The Labute approximate surface area is 103 Å². The molecule has 16 heavy (non-hydrogen) atoms. The third-order valence-electron chi connectivity index (χ3n) is 2.57. The number of amides is 1. The van der Waals surface area contributed by atoms with E-state index in [1.54, 1.807) is 25.9 Å².